The molecule has 0 fully saturated rings. The van der Waals surface area contributed by atoms with E-state index in [4.69, 9.17) is 9.26 Å². The maximum atomic E-state index is 13.3. The van der Waals surface area contributed by atoms with Crippen LogP contribution in [0.15, 0.2) is 69.4 Å². The van der Waals surface area contributed by atoms with Crippen molar-refractivity contribution in [3.8, 4) is 27.9 Å². The van der Waals surface area contributed by atoms with E-state index in [0.717, 1.165) is 12.0 Å². The summed E-state index contributed by atoms with van der Waals surface area (Å²) in [6.45, 7) is 2.09. The normalized spacial score (nSPS) is 11.5. The molecule has 0 saturated carbocycles. The minimum absolute atomic E-state index is 0.111. The Morgan fingerprint density at radius 1 is 1.13 bits per heavy atom. The molecule has 0 N–H and O–H groups in total. The number of ether oxygens (including phenoxy) is 1. The summed E-state index contributed by atoms with van der Waals surface area (Å²) in [7, 11) is -0.821. The molecule has 4 rings (SSSR count). The molecule has 0 amide bonds. The molecule has 0 atom stereocenters. The zero-order valence-electron chi connectivity index (χ0n) is 17.3. The molecule has 0 bridgehead atoms. The second-order valence-electron chi connectivity index (χ2n) is 6.76. The first-order chi connectivity index (χ1) is 14.9. The number of thiophene rings is 1. The number of rotatable bonds is 7. The van der Waals surface area contributed by atoms with Crippen LogP contribution in [-0.2, 0) is 16.4 Å². The predicted molar refractivity (Wildman–Crippen MR) is 121 cm³/mol. The van der Waals surface area contributed by atoms with Gasteiger partial charge in [-0.2, -0.15) is 4.98 Å². The monoisotopic (exact) mass is 455 g/mol. The van der Waals surface area contributed by atoms with Crippen LogP contribution in [0, 0.1) is 0 Å². The van der Waals surface area contributed by atoms with Crippen molar-refractivity contribution in [2.45, 2.75) is 18.2 Å². The molecule has 0 spiro atoms. The minimum atomic E-state index is -3.86. The van der Waals surface area contributed by atoms with Gasteiger partial charge in [-0.15, -0.1) is 11.3 Å². The first-order valence-corrected chi connectivity index (χ1v) is 11.9. The Hall–Kier alpha value is -3.17. The summed E-state index contributed by atoms with van der Waals surface area (Å²) in [6.07, 6.45) is 0.939. The van der Waals surface area contributed by atoms with Gasteiger partial charge in [0.15, 0.2) is 0 Å². The number of anilines is 1. The summed E-state index contributed by atoms with van der Waals surface area (Å²) in [6, 6.07) is 16.3. The van der Waals surface area contributed by atoms with E-state index in [1.165, 1.54) is 35.4 Å². The zero-order chi connectivity index (χ0) is 22.0. The number of sulfonamides is 1. The van der Waals surface area contributed by atoms with Crippen LogP contribution in [0.5, 0.6) is 5.75 Å². The smallest absolute Gasteiger partial charge is 0.269 e. The van der Waals surface area contributed by atoms with Gasteiger partial charge in [-0.25, -0.2) is 8.42 Å². The van der Waals surface area contributed by atoms with Crippen LogP contribution >= 0.6 is 11.3 Å². The van der Waals surface area contributed by atoms with Crippen LogP contribution in [-0.4, -0.2) is 32.7 Å². The fraction of sp³-hybridized carbons (Fsp3) is 0.182. The molecule has 4 aromatic rings. The third-order valence-electron chi connectivity index (χ3n) is 4.93. The van der Waals surface area contributed by atoms with Crippen molar-refractivity contribution < 1.29 is 17.7 Å². The molecular weight excluding hydrogens is 434 g/mol. The van der Waals surface area contributed by atoms with Crippen molar-refractivity contribution >= 4 is 27.0 Å². The molecule has 2 aromatic carbocycles. The van der Waals surface area contributed by atoms with Crippen molar-refractivity contribution in [2.24, 2.45) is 0 Å². The lowest BCUT2D eigenvalue weighted by Gasteiger charge is -2.19. The quantitative estimate of drug-likeness (QED) is 0.396. The van der Waals surface area contributed by atoms with E-state index in [0.29, 0.717) is 22.1 Å². The first kappa shape index (κ1) is 21.1. The highest BCUT2D eigenvalue weighted by atomic mass is 32.2. The summed E-state index contributed by atoms with van der Waals surface area (Å²) in [5.41, 5.74) is 2.50. The lowest BCUT2D eigenvalue weighted by Crippen LogP contribution is -2.26. The highest BCUT2D eigenvalue weighted by molar-refractivity contribution is 7.93. The van der Waals surface area contributed by atoms with Gasteiger partial charge in [0.05, 0.1) is 12.8 Å². The Morgan fingerprint density at radius 3 is 2.61 bits per heavy atom. The molecule has 7 nitrogen and oxygen atoms in total. The van der Waals surface area contributed by atoms with Gasteiger partial charge in [-0.05, 0) is 35.6 Å². The van der Waals surface area contributed by atoms with Gasteiger partial charge in [-0.3, -0.25) is 4.31 Å². The Morgan fingerprint density at radius 2 is 1.90 bits per heavy atom. The molecule has 31 heavy (non-hydrogen) atoms. The summed E-state index contributed by atoms with van der Waals surface area (Å²) in [5, 5.41) is 5.74. The molecular formula is C22H21N3O4S2. The molecule has 2 aromatic heterocycles. The van der Waals surface area contributed by atoms with Gasteiger partial charge in [0, 0.05) is 18.7 Å². The van der Waals surface area contributed by atoms with Crippen molar-refractivity contribution in [2.75, 3.05) is 18.5 Å². The maximum Gasteiger partial charge on any atom is 0.269 e. The van der Waals surface area contributed by atoms with E-state index in [9.17, 15) is 8.42 Å². The van der Waals surface area contributed by atoms with Crippen LogP contribution in [0.25, 0.3) is 22.2 Å². The van der Waals surface area contributed by atoms with Crippen LogP contribution < -0.4 is 9.04 Å². The molecule has 2 heterocycles. The minimum Gasteiger partial charge on any atom is -0.497 e. The predicted octanol–water partition coefficient (Wildman–Crippen LogP) is 4.86. The van der Waals surface area contributed by atoms with Crippen molar-refractivity contribution in [1.29, 1.82) is 0 Å². The Labute approximate surface area is 185 Å². The molecule has 0 unspecified atom stereocenters. The number of hydrogen-bond acceptors (Lipinski definition) is 7. The lowest BCUT2D eigenvalue weighted by atomic mass is 10.1. The van der Waals surface area contributed by atoms with E-state index >= 15 is 0 Å². The second kappa shape index (κ2) is 8.52. The van der Waals surface area contributed by atoms with Gasteiger partial charge >= 0.3 is 0 Å². The zero-order valence-corrected chi connectivity index (χ0v) is 18.9. The van der Waals surface area contributed by atoms with Gasteiger partial charge in [0.1, 0.15) is 15.5 Å². The van der Waals surface area contributed by atoms with E-state index in [1.807, 2.05) is 24.3 Å². The fourth-order valence-corrected chi connectivity index (χ4v) is 5.57. The van der Waals surface area contributed by atoms with Gasteiger partial charge in [0.25, 0.3) is 15.9 Å². The largest absolute Gasteiger partial charge is 0.497 e. The number of methoxy groups -OCH3 is 1. The van der Waals surface area contributed by atoms with Gasteiger partial charge < -0.3 is 9.26 Å². The second-order valence-corrected chi connectivity index (χ2v) is 9.62. The third-order valence-corrected chi connectivity index (χ3v) is 7.78. The standard InChI is InChI=1S/C22H21N3O4S2/c1-4-15-8-10-16(11-9-15)21-23-22(29-24-21)20-19(12-13-30-20)31(26,27)25(2)17-6-5-7-18(14-17)28-3/h5-14H,4H2,1-3H3. The van der Waals surface area contributed by atoms with Gasteiger partial charge in [0.2, 0.25) is 5.82 Å². The summed E-state index contributed by atoms with van der Waals surface area (Å²) < 4.78 is 38.5. The highest BCUT2D eigenvalue weighted by Crippen LogP contribution is 2.36. The summed E-state index contributed by atoms with van der Waals surface area (Å²) in [4.78, 5) is 4.95. The Kier molecular flexibility index (Phi) is 5.79. The summed E-state index contributed by atoms with van der Waals surface area (Å²) in [5.74, 6) is 1.15. The van der Waals surface area contributed by atoms with E-state index in [-0.39, 0.29) is 10.8 Å². The van der Waals surface area contributed by atoms with Gasteiger partial charge in [-0.1, -0.05) is 42.4 Å². The van der Waals surface area contributed by atoms with Crippen molar-refractivity contribution in [3.63, 3.8) is 0 Å². The Bertz CT molecular complexity index is 1290. The van der Waals surface area contributed by atoms with E-state index in [2.05, 4.69) is 17.1 Å². The number of hydrogen-bond donors (Lipinski definition) is 0. The van der Waals surface area contributed by atoms with Crippen LogP contribution in [0.2, 0.25) is 0 Å². The highest BCUT2D eigenvalue weighted by Gasteiger charge is 2.29. The number of nitrogens with zero attached hydrogens (tertiary/aromatic N) is 3. The lowest BCUT2D eigenvalue weighted by molar-refractivity contribution is 0.415. The fourth-order valence-electron chi connectivity index (χ4n) is 3.07. The number of benzene rings is 2. The van der Waals surface area contributed by atoms with Crippen LogP contribution in [0.3, 0.4) is 0 Å². The number of aromatic nitrogens is 2. The van der Waals surface area contributed by atoms with Crippen LogP contribution in [0.4, 0.5) is 5.69 Å². The molecule has 160 valence electrons. The SMILES string of the molecule is CCc1ccc(-c2noc(-c3sccc3S(=O)(=O)N(C)c3cccc(OC)c3)n2)cc1. The average Bonchev–Trinajstić information content (AvgIpc) is 3.48. The third kappa shape index (κ3) is 4.06. The average molecular weight is 456 g/mol. The summed E-state index contributed by atoms with van der Waals surface area (Å²) >= 11 is 1.24. The Balaban J connectivity index is 1.68. The van der Waals surface area contributed by atoms with Crippen LogP contribution in [0.1, 0.15) is 12.5 Å². The molecule has 0 radical (unpaired) electrons. The van der Waals surface area contributed by atoms with E-state index < -0.39 is 10.0 Å². The number of aryl methyl sites for hydroxylation is 1. The van der Waals surface area contributed by atoms with E-state index in [1.54, 1.807) is 35.7 Å². The molecule has 0 saturated heterocycles. The van der Waals surface area contributed by atoms with Crippen molar-refractivity contribution in [3.05, 3.63) is 65.5 Å². The molecule has 0 aliphatic carbocycles. The first-order valence-electron chi connectivity index (χ1n) is 9.58. The topological polar surface area (TPSA) is 85.5 Å². The van der Waals surface area contributed by atoms with Crippen molar-refractivity contribution in [1.82, 2.24) is 10.1 Å². The molecule has 9 heteroatoms. The maximum absolute atomic E-state index is 13.3. The molecule has 0 aliphatic rings. The molecule has 0 aliphatic heterocycles.